The molecule has 2 nitrogen and oxygen atoms in total. The lowest BCUT2D eigenvalue weighted by atomic mass is 9.96. The molecule has 1 N–H and O–H groups in total. The minimum Gasteiger partial charge on any atom is -0.481 e. The second kappa shape index (κ2) is 3.24. The van der Waals surface area contributed by atoms with E-state index in [4.69, 9.17) is 5.11 Å². The normalized spacial score (nSPS) is 29.0. The molecule has 1 rings (SSSR count). The fourth-order valence-corrected chi connectivity index (χ4v) is 1.91. The molecule has 1 aliphatic carbocycles. The standard InChI is InChI=1S/C9H16O2/c1-3-6(4-2)7-5-8(7)9(10)11/h6-8H,3-5H2,1-2H3,(H,10,11)/t7-,8+/m0/s1. The van der Waals surface area contributed by atoms with E-state index in [0.717, 1.165) is 19.3 Å². The van der Waals surface area contributed by atoms with Gasteiger partial charge in [-0.1, -0.05) is 26.7 Å². The molecule has 0 aromatic carbocycles. The van der Waals surface area contributed by atoms with Gasteiger partial charge >= 0.3 is 5.97 Å². The van der Waals surface area contributed by atoms with Crippen LogP contribution < -0.4 is 0 Å². The Hall–Kier alpha value is -0.530. The topological polar surface area (TPSA) is 37.3 Å². The van der Waals surface area contributed by atoms with Crippen molar-refractivity contribution in [3.05, 3.63) is 0 Å². The van der Waals surface area contributed by atoms with Gasteiger partial charge < -0.3 is 5.11 Å². The SMILES string of the molecule is CCC(CC)[C@@H]1C[C@H]1C(=O)O. The van der Waals surface area contributed by atoms with Gasteiger partial charge in [0.05, 0.1) is 5.92 Å². The second-order valence-corrected chi connectivity index (χ2v) is 3.42. The van der Waals surface area contributed by atoms with Crippen LogP contribution in [0.2, 0.25) is 0 Å². The first kappa shape index (κ1) is 8.57. The maximum absolute atomic E-state index is 10.5. The molecule has 0 aromatic rings. The fraction of sp³-hybridized carbons (Fsp3) is 0.889. The van der Waals surface area contributed by atoms with E-state index < -0.39 is 5.97 Å². The maximum atomic E-state index is 10.5. The van der Waals surface area contributed by atoms with Gasteiger partial charge in [0.2, 0.25) is 0 Å². The van der Waals surface area contributed by atoms with E-state index in [-0.39, 0.29) is 5.92 Å². The summed E-state index contributed by atoms with van der Waals surface area (Å²) in [6, 6.07) is 0. The number of carbonyl (C=O) groups is 1. The lowest BCUT2D eigenvalue weighted by molar-refractivity contribution is -0.139. The molecule has 1 fully saturated rings. The highest BCUT2D eigenvalue weighted by Crippen LogP contribution is 2.46. The summed E-state index contributed by atoms with van der Waals surface area (Å²) < 4.78 is 0. The van der Waals surface area contributed by atoms with Gasteiger partial charge in [-0.25, -0.2) is 0 Å². The molecule has 11 heavy (non-hydrogen) atoms. The number of carboxylic acids is 1. The van der Waals surface area contributed by atoms with E-state index in [1.807, 2.05) is 0 Å². The lowest BCUT2D eigenvalue weighted by Crippen LogP contribution is -2.06. The second-order valence-electron chi connectivity index (χ2n) is 3.42. The summed E-state index contributed by atoms with van der Waals surface area (Å²) >= 11 is 0. The molecule has 0 saturated heterocycles. The molecule has 0 unspecified atom stereocenters. The summed E-state index contributed by atoms with van der Waals surface area (Å²) in [6.45, 7) is 4.29. The maximum Gasteiger partial charge on any atom is 0.306 e. The lowest BCUT2D eigenvalue weighted by Gasteiger charge is -2.09. The number of rotatable bonds is 4. The molecule has 1 aliphatic rings. The first-order valence-corrected chi connectivity index (χ1v) is 4.43. The van der Waals surface area contributed by atoms with E-state index in [1.165, 1.54) is 0 Å². The van der Waals surface area contributed by atoms with Gasteiger partial charge in [-0.3, -0.25) is 4.79 Å². The molecule has 0 bridgehead atoms. The van der Waals surface area contributed by atoms with Crippen LogP contribution in [0.15, 0.2) is 0 Å². The summed E-state index contributed by atoms with van der Waals surface area (Å²) in [7, 11) is 0. The Morgan fingerprint density at radius 2 is 2.09 bits per heavy atom. The zero-order valence-electron chi connectivity index (χ0n) is 7.21. The Morgan fingerprint density at radius 3 is 2.36 bits per heavy atom. The summed E-state index contributed by atoms with van der Waals surface area (Å²) in [6.07, 6.45) is 3.18. The average Bonchev–Trinajstić information content (AvgIpc) is 2.70. The van der Waals surface area contributed by atoms with E-state index in [1.54, 1.807) is 0 Å². The molecule has 2 heteroatoms. The Labute approximate surface area is 67.6 Å². The van der Waals surface area contributed by atoms with Gasteiger partial charge in [0.15, 0.2) is 0 Å². The molecule has 0 radical (unpaired) electrons. The molecule has 0 amide bonds. The summed E-state index contributed by atoms with van der Waals surface area (Å²) in [5, 5.41) is 8.66. The van der Waals surface area contributed by atoms with Crippen molar-refractivity contribution in [2.75, 3.05) is 0 Å². The monoisotopic (exact) mass is 156 g/mol. The van der Waals surface area contributed by atoms with Crippen molar-refractivity contribution < 1.29 is 9.90 Å². The van der Waals surface area contributed by atoms with E-state index in [9.17, 15) is 4.79 Å². The van der Waals surface area contributed by atoms with Crippen LogP contribution in [0.5, 0.6) is 0 Å². The van der Waals surface area contributed by atoms with Crippen molar-refractivity contribution in [1.29, 1.82) is 0 Å². The van der Waals surface area contributed by atoms with Gasteiger partial charge in [0.25, 0.3) is 0 Å². The van der Waals surface area contributed by atoms with Crippen LogP contribution in [0.4, 0.5) is 0 Å². The highest BCUT2D eigenvalue weighted by molar-refractivity contribution is 5.73. The van der Waals surface area contributed by atoms with Crippen LogP contribution in [0.25, 0.3) is 0 Å². The number of aliphatic carboxylic acids is 1. The van der Waals surface area contributed by atoms with Crippen molar-refractivity contribution in [1.82, 2.24) is 0 Å². The Morgan fingerprint density at radius 1 is 1.55 bits per heavy atom. The Bertz CT molecular complexity index is 150. The first-order valence-electron chi connectivity index (χ1n) is 4.43. The smallest absolute Gasteiger partial charge is 0.306 e. The molecule has 2 atom stereocenters. The third kappa shape index (κ3) is 1.73. The van der Waals surface area contributed by atoms with Crippen molar-refractivity contribution in [3.8, 4) is 0 Å². The van der Waals surface area contributed by atoms with Gasteiger partial charge in [-0.2, -0.15) is 0 Å². The largest absolute Gasteiger partial charge is 0.481 e. The summed E-state index contributed by atoms with van der Waals surface area (Å²) in [5.41, 5.74) is 0. The van der Waals surface area contributed by atoms with Crippen molar-refractivity contribution >= 4 is 5.97 Å². The highest BCUT2D eigenvalue weighted by Gasteiger charge is 2.46. The molecule has 0 heterocycles. The Kier molecular flexibility index (Phi) is 2.53. The van der Waals surface area contributed by atoms with Crippen molar-refractivity contribution in [2.45, 2.75) is 33.1 Å². The van der Waals surface area contributed by atoms with Crippen LogP contribution in [0.1, 0.15) is 33.1 Å². The van der Waals surface area contributed by atoms with Crippen molar-refractivity contribution in [2.24, 2.45) is 17.8 Å². The van der Waals surface area contributed by atoms with Crippen LogP contribution in [0, 0.1) is 17.8 Å². The average molecular weight is 156 g/mol. The van der Waals surface area contributed by atoms with Crippen LogP contribution in [-0.2, 0) is 4.79 Å². The molecule has 64 valence electrons. The molecule has 0 aliphatic heterocycles. The number of carboxylic acid groups (broad SMARTS) is 1. The molecule has 0 aromatic heterocycles. The molecular formula is C9H16O2. The van der Waals surface area contributed by atoms with Crippen molar-refractivity contribution in [3.63, 3.8) is 0 Å². The van der Waals surface area contributed by atoms with Gasteiger partial charge in [0.1, 0.15) is 0 Å². The van der Waals surface area contributed by atoms with Crippen LogP contribution in [-0.4, -0.2) is 11.1 Å². The van der Waals surface area contributed by atoms with Crippen LogP contribution in [0.3, 0.4) is 0 Å². The quantitative estimate of drug-likeness (QED) is 0.677. The van der Waals surface area contributed by atoms with Gasteiger partial charge in [-0.05, 0) is 18.3 Å². The zero-order valence-corrected chi connectivity index (χ0v) is 7.21. The third-order valence-corrected chi connectivity index (χ3v) is 2.81. The number of hydrogen-bond acceptors (Lipinski definition) is 1. The predicted octanol–water partition coefficient (Wildman–Crippen LogP) is 2.14. The zero-order chi connectivity index (χ0) is 8.43. The molecule has 1 saturated carbocycles. The van der Waals surface area contributed by atoms with Gasteiger partial charge in [-0.15, -0.1) is 0 Å². The summed E-state index contributed by atoms with van der Waals surface area (Å²) in [5.74, 6) is 0.528. The minimum absolute atomic E-state index is 0.0140. The van der Waals surface area contributed by atoms with Gasteiger partial charge in [0, 0.05) is 0 Å². The van der Waals surface area contributed by atoms with Crippen LogP contribution >= 0.6 is 0 Å². The first-order chi connectivity index (χ1) is 5.20. The van der Waals surface area contributed by atoms with E-state index >= 15 is 0 Å². The fourth-order valence-electron chi connectivity index (χ4n) is 1.91. The minimum atomic E-state index is -0.595. The predicted molar refractivity (Wildman–Crippen MR) is 43.3 cm³/mol. The highest BCUT2D eigenvalue weighted by atomic mass is 16.4. The molecule has 0 spiro atoms. The summed E-state index contributed by atoms with van der Waals surface area (Å²) in [4.78, 5) is 10.5. The van der Waals surface area contributed by atoms with E-state index in [0.29, 0.717) is 11.8 Å². The third-order valence-electron chi connectivity index (χ3n) is 2.81. The molecular weight excluding hydrogens is 140 g/mol. The van der Waals surface area contributed by atoms with E-state index in [2.05, 4.69) is 13.8 Å². The Balaban J connectivity index is 2.35. The number of hydrogen-bond donors (Lipinski definition) is 1.